The molecule has 2 rings (SSSR count). The number of hydrogen-bond donors (Lipinski definition) is 0. The molecule has 1 nitrogen and oxygen atoms in total. The van der Waals surface area contributed by atoms with Gasteiger partial charge >= 0.3 is 0 Å². The van der Waals surface area contributed by atoms with Crippen LogP contribution in [0.25, 0.3) is 0 Å². The lowest BCUT2D eigenvalue weighted by atomic mass is 9.84. The topological polar surface area (TPSA) is 17.1 Å². The van der Waals surface area contributed by atoms with Crippen molar-refractivity contribution in [3.05, 3.63) is 70.0 Å². The fourth-order valence-electron chi connectivity index (χ4n) is 2.68. The minimum atomic E-state index is -1.05. The SMILES string of the molecule is Cc1cc(C(C)(C)C)cc(C)c1C[S@@](=O)Cc1cccc(F)c1. The van der Waals surface area contributed by atoms with Crippen LogP contribution in [0.2, 0.25) is 0 Å². The molecule has 23 heavy (non-hydrogen) atoms. The number of aryl methyl sites for hydroxylation is 2. The fourth-order valence-corrected chi connectivity index (χ4v) is 4.11. The predicted molar refractivity (Wildman–Crippen MR) is 96.6 cm³/mol. The molecule has 0 aliphatic heterocycles. The fraction of sp³-hybridized carbons (Fsp3) is 0.400. The largest absolute Gasteiger partial charge is 0.259 e. The van der Waals surface area contributed by atoms with E-state index in [1.807, 2.05) is 6.07 Å². The minimum absolute atomic E-state index is 0.106. The summed E-state index contributed by atoms with van der Waals surface area (Å²) in [6.45, 7) is 10.8. The van der Waals surface area contributed by atoms with Gasteiger partial charge in [-0.2, -0.15) is 0 Å². The highest BCUT2D eigenvalue weighted by atomic mass is 32.2. The van der Waals surface area contributed by atoms with Crippen LogP contribution in [0.15, 0.2) is 36.4 Å². The number of benzene rings is 2. The Balaban J connectivity index is 2.18. The van der Waals surface area contributed by atoms with E-state index in [4.69, 9.17) is 0 Å². The van der Waals surface area contributed by atoms with Gasteiger partial charge in [0.1, 0.15) is 5.82 Å². The number of rotatable bonds is 4. The molecular weight excluding hydrogens is 307 g/mol. The first-order chi connectivity index (χ1) is 10.7. The van der Waals surface area contributed by atoms with E-state index >= 15 is 0 Å². The van der Waals surface area contributed by atoms with Crippen LogP contribution in [0.1, 0.15) is 48.6 Å². The van der Waals surface area contributed by atoms with Crippen molar-refractivity contribution in [2.45, 2.75) is 51.5 Å². The quantitative estimate of drug-likeness (QED) is 0.753. The standard InChI is InChI=1S/C20H25FOS/c1-14-9-17(20(3,4)5)10-15(2)19(14)13-23(22)12-16-7-6-8-18(21)11-16/h6-11H,12-13H2,1-5H3/t23-/m0/s1. The van der Waals surface area contributed by atoms with E-state index in [2.05, 4.69) is 46.8 Å². The molecule has 0 spiro atoms. The molecule has 0 aliphatic carbocycles. The molecule has 0 heterocycles. The molecule has 2 aromatic carbocycles. The van der Waals surface area contributed by atoms with Gasteiger partial charge in [-0.25, -0.2) is 4.39 Å². The summed E-state index contributed by atoms with van der Waals surface area (Å²) in [6, 6.07) is 10.7. The second-order valence-electron chi connectivity index (χ2n) is 7.20. The van der Waals surface area contributed by atoms with E-state index in [0.29, 0.717) is 11.5 Å². The van der Waals surface area contributed by atoms with Crippen molar-refractivity contribution < 1.29 is 8.60 Å². The molecule has 2 aromatic rings. The highest BCUT2D eigenvalue weighted by Gasteiger charge is 2.17. The summed E-state index contributed by atoms with van der Waals surface area (Å²) in [4.78, 5) is 0. The van der Waals surface area contributed by atoms with Crippen LogP contribution in [0.5, 0.6) is 0 Å². The molecule has 0 amide bonds. The minimum Gasteiger partial charge on any atom is -0.259 e. The Labute approximate surface area is 141 Å². The summed E-state index contributed by atoms with van der Waals surface area (Å²) in [5.41, 5.74) is 5.70. The first-order valence-corrected chi connectivity index (χ1v) is 9.35. The molecule has 0 aromatic heterocycles. The van der Waals surface area contributed by atoms with E-state index < -0.39 is 10.8 Å². The van der Waals surface area contributed by atoms with Gasteiger partial charge < -0.3 is 0 Å². The maximum absolute atomic E-state index is 13.2. The van der Waals surface area contributed by atoms with Gasteiger partial charge in [-0.1, -0.05) is 45.0 Å². The molecule has 0 unspecified atom stereocenters. The molecule has 0 saturated heterocycles. The van der Waals surface area contributed by atoms with Gasteiger partial charge in [0.15, 0.2) is 0 Å². The van der Waals surface area contributed by atoms with Gasteiger partial charge in [-0.15, -0.1) is 0 Å². The summed E-state index contributed by atoms with van der Waals surface area (Å²) in [5.74, 6) is 0.623. The summed E-state index contributed by atoms with van der Waals surface area (Å²) in [6.07, 6.45) is 0. The van der Waals surface area contributed by atoms with E-state index in [0.717, 1.165) is 11.1 Å². The van der Waals surface area contributed by atoms with Crippen molar-refractivity contribution in [1.82, 2.24) is 0 Å². The normalized spacial score (nSPS) is 13.1. The summed E-state index contributed by atoms with van der Waals surface area (Å²) < 4.78 is 25.7. The van der Waals surface area contributed by atoms with Crippen molar-refractivity contribution in [2.75, 3.05) is 0 Å². The molecule has 0 bridgehead atoms. The van der Waals surface area contributed by atoms with Crippen LogP contribution in [0.4, 0.5) is 4.39 Å². The summed E-state index contributed by atoms with van der Waals surface area (Å²) >= 11 is 0. The molecule has 0 saturated carbocycles. The molecule has 3 heteroatoms. The molecule has 1 atom stereocenters. The van der Waals surface area contributed by atoms with Crippen LogP contribution in [0, 0.1) is 19.7 Å². The second kappa shape index (κ2) is 6.96. The second-order valence-corrected chi connectivity index (χ2v) is 8.65. The number of halogens is 1. The molecular formula is C20H25FOS. The third kappa shape index (κ3) is 4.74. The Kier molecular flexibility index (Phi) is 5.41. The van der Waals surface area contributed by atoms with Gasteiger partial charge in [0.25, 0.3) is 0 Å². The Hall–Kier alpha value is -1.48. The zero-order valence-corrected chi connectivity index (χ0v) is 15.4. The predicted octanol–water partition coefficient (Wildman–Crippen LogP) is 5.19. The molecule has 0 aliphatic rings. The van der Waals surface area contributed by atoms with Gasteiger partial charge in [0, 0.05) is 22.3 Å². The Morgan fingerprint density at radius 2 is 1.61 bits per heavy atom. The molecule has 0 fully saturated rings. The van der Waals surface area contributed by atoms with Crippen LogP contribution in [0.3, 0.4) is 0 Å². The van der Waals surface area contributed by atoms with Crippen molar-refractivity contribution in [3.8, 4) is 0 Å². The Morgan fingerprint density at radius 3 is 2.13 bits per heavy atom. The van der Waals surface area contributed by atoms with Crippen LogP contribution < -0.4 is 0 Å². The van der Waals surface area contributed by atoms with Crippen molar-refractivity contribution >= 4 is 10.8 Å². The third-order valence-electron chi connectivity index (χ3n) is 4.08. The van der Waals surface area contributed by atoms with Gasteiger partial charge in [0.2, 0.25) is 0 Å². The number of hydrogen-bond acceptors (Lipinski definition) is 1. The van der Waals surface area contributed by atoms with Crippen molar-refractivity contribution in [3.63, 3.8) is 0 Å². The highest BCUT2D eigenvalue weighted by Crippen LogP contribution is 2.27. The van der Waals surface area contributed by atoms with E-state index in [1.165, 1.54) is 28.8 Å². The van der Waals surface area contributed by atoms with Crippen LogP contribution >= 0.6 is 0 Å². The van der Waals surface area contributed by atoms with Gasteiger partial charge in [0.05, 0.1) is 0 Å². The monoisotopic (exact) mass is 332 g/mol. The van der Waals surface area contributed by atoms with Crippen LogP contribution in [-0.4, -0.2) is 4.21 Å². The van der Waals surface area contributed by atoms with E-state index in [-0.39, 0.29) is 11.2 Å². The maximum Gasteiger partial charge on any atom is 0.123 e. The summed E-state index contributed by atoms with van der Waals surface area (Å²) in [5, 5.41) is 0. The van der Waals surface area contributed by atoms with Gasteiger partial charge in [-0.05, 0) is 59.2 Å². The van der Waals surface area contributed by atoms with E-state index in [9.17, 15) is 8.60 Å². The molecule has 124 valence electrons. The lowest BCUT2D eigenvalue weighted by Gasteiger charge is -2.22. The average molecular weight is 332 g/mol. The lowest BCUT2D eigenvalue weighted by Crippen LogP contribution is -2.13. The van der Waals surface area contributed by atoms with Crippen molar-refractivity contribution in [2.24, 2.45) is 0 Å². The zero-order valence-electron chi connectivity index (χ0n) is 14.6. The highest BCUT2D eigenvalue weighted by molar-refractivity contribution is 7.83. The lowest BCUT2D eigenvalue weighted by molar-refractivity contribution is 0.589. The first kappa shape index (κ1) is 17.9. The smallest absolute Gasteiger partial charge is 0.123 e. The summed E-state index contributed by atoms with van der Waals surface area (Å²) in [7, 11) is -1.05. The third-order valence-corrected chi connectivity index (χ3v) is 5.35. The van der Waals surface area contributed by atoms with Crippen LogP contribution in [-0.2, 0) is 27.7 Å². The molecule has 0 radical (unpaired) electrons. The zero-order chi connectivity index (χ0) is 17.2. The maximum atomic E-state index is 13.2. The van der Waals surface area contributed by atoms with Crippen molar-refractivity contribution in [1.29, 1.82) is 0 Å². The van der Waals surface area contributed by atoms with E-state index in [1.54, 1.807) is 6.07 Å². The first-order valence-electron chi connectivity index (χ1n) is 7.87. The average Bonchev–Trinajstić information content (AvgIpc) is 2.41. The Bertz CT molecular complexity index is 706. The molecule has 0 N–H and O–H groups in total. The van der Waals surface area contributed by atoms with Gasteiger partial charge in [-0.3, -0.25) is 4.21 Å². The Morgan fingerprint density at radius 1 is 1.00 bits per heavy atom.